The Morgan fingerprint density at radius 2 is 2.06 bits per heavy atom. The maximum Gasteiger partial charge on any atom is 0.223 e. The van der Waals surface area contributed by atoms with E-state index in [9.17, 15) is 4.79 Å². The van der Waals surface area contributed by atoms with Crippen molar-refractivity contribution >= 4 is 5.91 Å². The van der Waals surface area contributed by atoms with E-state index in [0.29, 0.717) is 37.6 Å². The first-order valence-electron chi connectivity index (χ1n) is 6.00. The molecule has 0 saturated carbocycles. The highest BCUT2D eigenvalue weighted by Gasteiger charge is 2.04. The second-order valence-corrected chi connectivity index (χ2v) is 3.74. The molecule has 1 rings (SSSR count). The first kappa shape index (κ1) is 14.3. The standard InChI is InChI=1S/C13H20N2O3/c1-17-11-5-2-3-6-12(11)18-10-7-13(16)15-9-4-8-14/h2-3,5-6H,4,7-10,14H2,1H3,(H,15,16). The van der Waals surface area contributed by atoms with Gasteiger partial charge in [-0.25, -0.2) is 0 Å². The summed E-state index contributed by atoms with van der Waals surface area (Å²) in [6, 6.07) is 7.35. The van der Waals surface area contributed by atoms with Crippen LogP contribution >= 0.6 is 0 Å². The molecule has 0 radical (unpaired) electrons. The second kappa shape index (κ2) is 8.36. The summed E-state index contributed by atoms with van der Waals surface area (Å²) in [4.78, 5) is 11.4. The van der Waals surface area contributed by atoms with E-state index in [1.54, 1.807) is 7.11 Å². The fraction of sp³-hybridized carbons (Fsp3) is 0.462. The number of rotatable bonds is 8. The maximum absolute atomic E-state index is 11.4. The minimum Gasteiger partial charge on any atom is -0.493 e. The minimum absolute atomic E-state index is 0.0293. The third-order valence-electron chi connectivity index (χ3n) is 2.36. The van der Waals surface area contributed by atoms with Gasteiger partial charge in [-0.3, -0.25) is 4.79 Å². The lowest BCUT2D eigenvalue weighted by molar-refractivity contribution is -0.121. The summed E-state index contributed by atoms with van der Waals surface area (Å²) in [5.41, 5.74) is 5.33. The number of nitrogens with two attached hydrogens (primary N) is 1. The predicted molar refractivity (Wildman–Crippen MR) is 69.8 cm³/mol. The first-order chi connectivity index (χ1) is 8.77. The lowest BCUT2D eigenvalue weighted by Gasteiger charge is -2.10. The summed E-state index contributed by atoms with van der Waals surface area (Å²) >= 11 is 0. The molecule has 0 saturated heterocycles. The monoisotopic (exact) mass is 252 g/mol. The number of benzene rings is 1. The SMILES string of the molecule is COc1ccccc1OCCC(=O)NCCCN. The summed E-state index contributed by atoms with van der Waals surface area (Å²) in [5.74, 6) is 1.29. The number of nitrogens with one attached hydrogen (secondary N) is 1. The smallest absolute Gasteiger partial charge is 0.223 e. The van der Waals surface area contributed by atoms with Gasteiger partial charge in [-0.05, 0) is 25.1 Å². The van der Waals surface area contributed by atoms with Crippen molar-refractivity contribution in [1.29, 1.82) is 0 Å². The average molecular weight is 252 g/mol. The van der Waals surface area contributed by atoms with Crippen molar-refractivity contribution in [2.24, 2.45) is 5.73 Å². The molecule has 0 heterocycles. The summed E-state index contributed by atoms with van der Waals surface area (Å²) < 4.78 is 10.6. The highest BCUT2D eigenvalue weighted by molar-refractivity contribution is 5.75. The molecular formula is C13H20N2O3. The van der Waals surface area contributed by atoms with Crippen molar-refractivity contribution in [3.05, 3.63) is 24.3 Å². The third kappa shape index (κ3) is 5.05. The number of amides is 1. The van der Waals surface area contributed by atoms with Crippen LogP contribution in [0.25, 0.3) is 0 Å². The highest BCUT2D eigenvalue weighted by atomic mass is 16.5. The van der Waals surface area contributed by atoms with Crippen molar-refractivity contribution in [3.8, 4) is 11.5 Å². The number of para-hydroxylation sites is 2. The molecular weight excluding hydrogens is 232 g/mol. The van der Waals surface area contributed by atoms with E-state index < -0.39 is 0 Å². The van der Waals surface area contributed by atoms with Crippen molar-refractivity contribution in [2.45, 2.75) is 12.8 Å². The zero-order valence-electron chi connectivity index (χ0n) is 10.6. The van der Waals surface area contributed by atoms with Crippen LogP contribution in [0.1, 0.15) is 12.8 Å². The first-order valence-corrected chi connectivity index (χ1v) is 6.00. The van der Waals surface area contributed by atoms with Crippen LogP contribution in [0.4, 0.5) is 0 Å². The van der Waals surface area contributed by atoms with Gasteiger partial charge >= 0.3 is 0 Å². The van der Waals surface area contributed by atoms with Crippen LogP contribution in [0.15, 0.2) is 24.3 Å². The summed E-state index contributed by atoms with van der Waals surface area (Å²) in [7, 11) is 1.59. The molecule has 0 aliphatic carbocycles. The average Bonchev–Trinajstić information content (AvgIpc) is 2.39. The minimum atomic E-state index is -0.0293. The topological polar surface area (TPSA) is 73.6 Å². The van der Waals surface area contributed by atoms with Gasteiger partial charge < -0.3 is 20.5 Å². The van der Waals surface area contributed by atoms with Gasteiger partial charge in [-0.2, -0.15) is 0 Å². The van der Waals surface area contributed by atoms with Gasteiger partial charge in [-0.1, -0.05) is 12.1 Å². The van der Waals surface area contributed by atoms with Gasteiger partial charge in [0.15, 0.2) is 11.5 Å². The maximum atomic E-state index is 11.4. The molecule has 0 spiro atoms. The van der Waals surface area contributed by atoms with E-state index in [2.05, 4.69) is 5.32 Å². The van der Waals surface area contributed by atoms with Crippen LogP contribution in [0.5, 0.6) is 11.5 Å². The number of carbonyl (C=O) groups is 1. The van der Waals surface area contributed by atoms with Crippen LogP contribution in [0.3, 0.4) is 0 Å². The van der Waals surface area contributed by atoms with E-state index in [4.69, 9.17) is 15.2 Å². The number of methoxy groups -OCH3 is 1. The molecule has 3 N–H and O–H groups in total. The molecule has 0 unspecified atom stereocenters. The summed E-state index contributed by atoms with van der Waals surface area (Å²) in [6.07, 6.45) is 1.11. The van der Waals surface area contributed by atoms with Gasteiger partial charge in [-0.15, -0.1) is 0 Å². The van der Waals surface area contributed by atoms with E-state index in [1.807, 2.05) is 24.3 Å². The normalized spacial score (nSPS) is 9.89. The quantitative estimate of drug-likeness (QED) is 0.675. The Labute approximate surface area is 107 Å². The van der Waals surface area contributed by atoms with Crippen molar-refractivity contribution in [1.82, 2.24) is 5.32 Å². The molecule has 1 aromatic rings. The molecule has 5 nitrogen and oxygen atoms in total. The molecule has 0 fully saturated rings. The van der Waals surface area contributed by atoms with Crippen LogP contribution in [-0.4, -0.2) is 32.7 Å². The zero-order valence-corrected chi connectivity index (χ0v) is 10.6. The highest BCUT2D eigenvalue weighted by Crippen LogP contribution is 2.25. The van der Waals surface area contributed by atoms with Crippen LogP contribution in [0, 0.1) is 0 Å². The van der Waals surface area contributed by atoms with Gasteiger partial charge in [0.25, 0.3) is 0 Å². The molecule has 0 aliphatic rings. The Balaban J connectivity index is 2.26. The fourth-order valence-corrected chi connectivity index (χ4v) is 1.41. The van der Waals surface area contributed by atoms with Crippen molar-refractivity contribution < 1.29 is 14.3 Å². The van der Waals surface area contributed by atoms with E-state index >= 15 is 0 Å². The molecule has 100 valence electrons. The van der Waals surface area contributed by atoms with Crippen molar-refractivity contribution in [2.75, 3.05) is 26.8 Å². The molecule has 0 aliphatic heterocycles. The molecule has 0 atom stereocenters. The molecule has 18 heavy (non-hydrogen) atoms. The molecule has 0 bridgehead atoms. The van der Waals surface area contributed by atoms with E-state index in [-0.39, 0.29) is 5.91 Å². The predicted octanol–water partition coefficient (Wildman–Crippen LogP) is 0.929. The zero-order chi connectivity index (χ0) is 13.2. The number of carbonyl (C=O) groups excluding carboxylic acids is 1. The lowest BCUT2D eigenvalue weighted by Crippen LogP contribution is -2.27. The Morgan fingerprint density at radius 1 is 1.33 bits per heavy atom. The Kier molecular flexibility index (Phi) is 6.64. The fourth-order valence-electron chi connectivity index (χ4n) is 1.41. The number of hydrogen-bond acceptors (Lipinski definition) is 4. The summed E-state index contributed by atoms with van der Waals surface area (Å²) in [5, 5.41) is 2.77. The van der Waals surface area contributed by atoms with E-state index in [0.717, 1.165) is 6.42 Å². The van der Waals surface area contributed by atoms with Gasteiger partial charge in [0, 0.05) is 6.54 Å². The number of hydrogen-bond donors (Lipinski definition) is 2. The van der Waals surface area contributed by atoms with E-state index in [1.165, 1.54) is 0 Å². The molecule has 0 aromatic heterocycles. The molecule has 1 aromatic carbocycles. The van der Waals surface area contributed by atoms with Crippen molar-refractivity contribution in [3.63, 3.8) is 0 Å². The third-order valence-corrected chi connectivity index (χ3v) is 2.36. The van der Waals surface area contributed by atoms with Gasteiger partial charge in [0.1, 0.15) is 0 Å². The van der Waals surface area contributed by atoms with Crippen LogP contribution in [0.2, 0.25) is 0 Å². The van der Waals surface area contributed by atoms with Gasteiger partial charge in [0.05, 0.1) is 20.1 Å². The molecule has 5 heteroatoms. The molecule has 1 amide bonds. The Bertz CT molecular complexity index is 369. The van der Waals surface area contributed by atoms with Crippen LogP contribution < -0.4 is 20.5 Å². The lowest BCUT2D eigenvalue weighted by atomic mass is 10.3. The Hall–Kier alpha value is -1.75. The van der Waals surface area contributed by atoms with Gasteiger partial charge in [0.2, 0.25) is 5.91 Å². The second-order valence-electron chi connectivity index (χ2n) is 3.74. The van der Waals surface area contributed by atoms with Crippen LogP contribution in [-0.2, 0) is 4.79 Å². The Morgan fingerprint density at radius 3 is 2.72 bits per heavy atom. The summed E-state index contributed by atoms with van der Waals surface area (Å²) in [6.45, 7) is 1.52. The largest absolute Gasteiger partial charge is 0.493 e. The number of ether oxygens (including phenoxy) is 2.